The second kappa shape index (κ2) is 2.80. The zero-order valence-corrected chi connectivity index (χ0v) is 6.03. The molecule has 1 saturated heterocycles. The van der Waals surface area contributed by atoms with Gasteiger partial charge in [0, 0.05) is 5.25 Å². The summed E-state index contributed by atoms with van der Waals surface area (Å²) in [5.41, 5.74) is 1.05. The molecule has 1 aliphatic rings. The number of hydrogen-bond acceptors (Lipinski definition) is 2. The molecule has 1 rings (SSSR count). The molecule has 0 aromatic heterocycles. The Labute approximate surface area is 60.9 Å². The van der Waals surface area contributed by atoms with Crippen LogP contribution in [0.4, 0.5) is 0 Å². The van der Waals surface area contributed by atoms with Crippen molar-refractivity contribution in [3.05, 3.63) is 12.2 Å². The van der Waals surface area contributed by atoms with Gasteiger partial charge in [0.2, 0.25) is 0 Å². The van der Waals surface area contributed by atoms with Crippen LogP contribution in [-0.2, 0) is 0 Å². The summed E-state index contributed by atoms with van der Waals surface area (Å²) in [5.74, 6) is 0. The minimum Gasteiger partial charge on any atom is -0.395 e. The maximum absolute atomic E-state index is 8.68. The quantitative estimate of drug-likeness (QED) is 0.423. The van der Waals surface area contributed by atoms with Crippen molar-refractivity contribution < 1.29 is 5.11 Å². The second-order valence-corrected chi connectivity index (χ2v) is 3.67. The number of aliphatic hydroxyl groups is 1. The molecule has 1 heterocycles. The maximum atomic E-state index is 8.68. The minimum atomic E-state index is 0.0575. The van der Waals surface area contributed by atoms with E-state index >= 15 is 0 Å². The smallest absolute Gasteiger partial charge is 0.0906 e. The highest BCUT2D eigenvalue weighted by Gasteiger charge is 2.23. The van der Waals surface area contributed by atoms with E-state index in [1.54, 1.807) is 11.8 Å². The third kappa shape index (κ3) is 1.52. The SMILES string of the molecule is [B]C1SC(CO)CC1=C. The van der Waals surface area contributed by atoms with Crippen molar-refractivity contribution in [2.75, 3.05) is 6.61 Å². The summed E-state index contributed by atoms with van der Waals surface area (Å²) in [6.45, 7) is 4.00. The maximum Gasteiger partial charge on any atom is 0.0906 e. The molecule has 1 nitrogen and oxygen atoms in total. The van der Waals surface area contributed by atoms with Crippen molar-refractivity contribution in [3.8, 4) is 0 Å². The van der Waals surface area contributed by atoms with Crippen LogP contribution in [-0.4, -0.2) is 30.0 Å². The molecule has 1 N–H and O–H groups in total. The fraction of sp³-hybridized carbons (Fsp3) is 0.667. The van der Waals surface area contributed by atoms with Crippen molar-refractivity contribution in [1.29, 1.82) is 0 Å². The Hall–Kier alpha value is 0.115. The van der Waals surface area contributed by atoms with Crippen LogP contribution in [0.1, 0.15) is 6.42 Å². The molecule has 48 valence electrons. The zero-order chi connectivity index (χ0) is 6.85. The predicted molar refractivity (Wildman–Crippen MR) is 41.8 cm³/mol. The molecule has 0 aromatic rings. The van der Waals surface area contributed by atoms with Gasteiger partial charge in [-0.05, 0) is 11.6 Å². The fourth-order valence-electron chi connectivity index (χ4n) is 0.868. The lowest BCUT2D eigenvalue weighted by Gasteiger charge is -2.01. The average Bonchev–Trinajstić information content (AvgIpc) is 2.13. The van der Waals surface area contributed by atoms with Crippen LogP contribution < -0.4 is 0 Å². The van der Waals surface area contributed by atoms with Crippen molar-refractivity contribution in [1.82, 2.24) is 0 Å². The molecule has 0 saturated carbocycles. The highest BCUT2D eigenvalue weighted by molar-refractivity contribution is 8.02. The van der Waals surface area contributed by atoms with E-state index in [4.69, 9.17) is 13.0 Å². The molecule has 2 atom stereocenters. The molecule has 0 aliphatic carbocycles. The van der Waals surface area contributed by atoms with E-state index in [-0.39, 0.29) is 11.8 Å². The summed E-state index contributed by atoms with van der Waals surface area (Å²) in [6.07, 6.45) is 0.877. The van der Waals surface area contributed by atoms with Crippen molar-refractivity contribution in [2.45, 2.75) is 16.8 Å². The average molecular weight is 140 g/mol. The van der Waals surface area contributed by atoms with Gasteiger partial charge in [-0.15, -0.1) is 0 Å². The normalized spacial score (nSPS) is 35.4. The second-order valence-electron chi connectivity index (χ2n) is 2.22. The molecule has 1 aliphatic heterocycles. The molecule has 0 amide bonds. The summed E-state index contributed by atoms with van der Waals surface area (Å²) in [4.78, 5) is 0. The molecular weight excluding hydrogens is 131 g/mol. The van der Waals surface area contributed by atoms with Crippen LogP contribution in [0.3, 0.4) is 0 Å². The first-order chi connectivity index (χ1) is 4.24. The first-order valence-corrected chi connectivity index (χ1v) is 3.88. The Morgan fingerprint density at radius 1 is 1.89 bits per heavy atom. The Balaban J connectivity index is 2.44. The van der Waals surface area contributed by atoms with Gasteiger partial charge in [0.1, 0.15) is 0 Å². The zero-order valence-electron chi connectivity index (χ0n) is 5.21. The minimum absolute atomic E-state index is 0.0575. The molecule has 3 heteroatoms. The van der Waals surface area contributed by atoms with E-state index in [0.29, 0.717) is 5.25 Å². The van der Waals surface area contributed by atoms with Crippen LogP contribution in [0.5, 0.6) is 0 Å². The van der Waals surface area contributed by atoms with Gasteiger partial charge in [0.15, 0.2) is 0 Å². The van der Waals surface area contributed by atoms with Gasteiger partial charge in [-0.3, -0.25) is 0 Å². The van der Waals surface area contributed by atoms with Crippen molar-refractivity contribution in [3.63, 3.8) is 0 Å². The Morgan fingerprint density at radius 3 is 2.78 bits per heavy atom. The van der Waals surface area contributed by atoms with Gasteiger partial charge >= 0.3 is 0 Å². The van der Waals surface area contributed by atoms with Crippen LogP contribution >= 0.6 is 11.8 Å². The van der Waals surface area contributed by atoms with Gasteiger partial charge in [-0.2, -0.15) is 11.8 Å². The van der Waals surface area contributed by atoms with Crippen LogP contribution in [0.15, 0.2) is 12.2 Å². The predicted octanol–water partition coefficient (Wildman–Crippen LogP) is 0.535. The number of thioether (sulfide) groups is 1. The molecule has 0 bridgehead atoms. The first-order valence-electron chi connectivity index (χ1n) is 2.93. The van der Waals surface area contributed by atoms with Gasteiger partial charge < -0.3 is 5.11 Å². The van der Waals surface area contributed by atoms with E-state index < -0.39 is 0 Å². The van der Waals surface area contributed by atoms with E-state index in [2.05, 4.69) is 6.58 Å². The van der Waals surface area contributed by atoms with Crippen LogP contribution in [0, 0.1) is 0 Å². The summed E-state index contributed by atoms with van der Waals surface area (Å²) >= 11 is 1.60. The molecule has 1 fully saturated rings. The third-order valence-electron chi connectivity index (χ3n) is 1.43. The summed E-state index contributed by atoms with van der Waals surface area (Å²) in [5, 5.41) is 9.04. The molecular formula is C6H9BOS. The molecule has 2 unspecified atom stereocenters. The highest BCUT2D eigenvalue weighted by atomic mass is 32.2. The number of aliphatic hydroxyl groups excluding tert-OH is 1. The summed E-state index contributed by atoms with van der Waals surface area (Å²) in [7, 11) is 5.60. The lowest BCUT2D eigenvalue weighted by molar-refractivity contribution is 0.296. The Morgan fingerprint density at radius 2 is 2.56 bits per heavy atom. The first kappa shape index (κ1) is 7.22. The standard InChI is InChI=1S/C6H9BOS/c1-4-2-5(3-8)9-6(4)7/h5-6,8H,1-3H2. The summed E-state index contributed by atoms with van der Waals surface area (Å²) in [6, 6.07) is 0. The lowest BCUT2D eigenvalue weighted by atomic mass is 9.95. The van der Waals surface area contributed by atoms with E-state index in [1.807, 2.05) is 0 Å². The molecule has 0 aromatic carbocycles. The van der Waals surface area contributed by atoms with Crippen molar-refractivity contribution >= 4 is 19.6 Å². The van der Waals surface area contributed by atoms with Gasteiger partial charge in [0.05, 0.1) is 14.5 Å². The Kier molecular flexibility index (Phi) is 2.25. The Bertz CT molecular complexity index is 126. The van der Waals surface area contributed by atoms with Crippen molar-refractivity contribution in [2.24, 2.45) is 0 Å². The van der Waals surface area contributed by atoms with Gasteiger partial charge in [-0.1, -0.05) is 12.2 Å². The summed E-state index contributed by atoms with van der Waals surface area (Å²) < 4.78 is 0. The molecule has 2 radical (unpaired) electrons. The van der Waals surface area contributed by atoms with E-state index in [9.17, 15) is 0 Å². The highest BCUT2D eigenvalue weighted by Crippen LogP contribution is 2.34. The molecule has 9 heavy (non-hydrogen) atoms. The fourth-order valence-corrected chi connectivity index (χ4v) is 1.97. The largest absolute Gasteiger partial charge is 0.395 e. The van der Waals surface area contributed by atoms with E-state index in [1.165, 1.54) is 0 Å². The number of hydrogen-bond donors (Lipinski definition) is 1. The van der Waals surface area contributed by atoms with E-state index in [0.717, 1.165) is 12.0 Å². The monoisotopic (exact) mass is 140 g/mol. The third-order valence-corrected chi connectivity index (χ3v) is 2.76. The van der Waals surface area contributed by atoms with Crippen LogP contribution in [0.2, 0.25) is 0 Å². The van der Waals surface area contributed by atoms with Gasteiger partial charge in [0.25, 0.3) is 0 Å². The lowest BCUT2D eigenvalue weighted by Crippen LogP contribution is -2.02. The molecule has 0 spiro atoms. The number of rotatable bonds is 1. The van der Waals surface area contributed by atoms with Gasteiger partial charge in [-0.25, -0.2) is 0 Å². The van der Waals surface area contributed by atoms with Crippen LogP contribution in [0.25, 0.3) is 0 Å². The topological polar surface area (TPSA) is 20.2 Å².